The number of benzene rings is 1. The lowest BCUT2D eigenvalue weighted by atomic mass is 10.2. The third kappa shape index (κ3) is 2.54. The Morgan fingerprint density at radius 1 is 1.26 bits per heavy atom. The van der Waals surface area contributed by atoms with Gasteiger partial charge in [0.25, 0.3) is 0 Å². The van der Waals surface area contributed by atoms with Crippen molar-refractivity contribution in [2.75, 3.05) is 19.6 Å². The maximum Gasteiger partial charge on any atom is 0.384 e. The van der Waals surface area contributed by atoms with Crippen LogP contribution in [0.2, 0.25) is 0 Å². The molecule has 0 amide bonds. The molecule has 0 atom stereocenters. The quantitative estimate of drug-likeness (QED) is 0.489. The molecule has 0 saturated carbocycles. The Morgan fingerprint density at radius 2 is 1.89 bits per heavy atom. The van der Waals surface area contributed by atoms with E-state index in [1.807, 2.05) is 18.2 Å². The Kier molecular flexibility index (Phi) is 4.01. The molecule has 0 aliphatic heterocycles. The minimum absolute atomic E-state index is 0.0128. The van der Waals surface area contributed by atoms with Gasteiger partial charge in [-0.25, -0.2) is 5.84 Å². The molecule has 102 valence electrons. The molecule has 0 fully saturated rings. The smallest absolute Gasteiger partial charge is 0.384 e. The van der Waals surface area contributed by atoms with Crippen molar-refractivity contribution in [1.29, 1.82) is 0 Å². The van der Waals surface area contributed by atoms with E-state index < -0.39 is 7.60 Å². The van der Waals surface area contributed by atoms with Gasteiger partial charge in [-0.1, -0.05) is 18.2 Å². The summed E-state index contributed by atoms with van der Waals surface area (Å²) in [6.45, 7) is 0. The van der Waals surface area contributed by atoms with E-state index in [1.165, 1.54) is 14.2 Å². The molecule has 0 unspecified atom stereocenters. The van der Waals surface area contributed by atoms with E-state index >= 15 is 0 Å². The SMILES string of the molecule is COP(=O)(OC)c1nc(-c2ccccc2)oc1NN. The van der Waals surface area contributed by atoms with Crippen LogP contribution in [0, 0.1) is 0 Å². The standard InChI is InChI=1S/C11H14N3O4P/c1-16-19(15,17-2)11-10(14-12)18-9(13-11)8-6-4-3-5-7-8/h3-7,14H,12H2,1-2H3. The second kappa shape index (κ2) is 5.54. The molecule has 1 heterocycles. The van der Waals surface area contributed by atoms with Gasteiger partial charge in [0.2, 0.25) is 17.2 Å². The predicted molar refractivity (Wildman–Crippen MR) is 71.0 cm³/mol. The van der Waals surface area contributed by atoms with Crippen molar-refractivity contribution < 1.29 is 18.0 Å². The lowest BCUT2D eigenvalue weighted by Gasteiger charge is -2.10. The van der Waals surface area contributed by atoms with Crippen molar-refractivity contribution in [3.63, 3.8) is 0 Å². The molecular weight excluding hydrogens is 269 g/mol. The summed E-state index contributed by atoms with van der Waals surface area (Å²) in [7, 11) is -1.00. The van der Waals surface area contributed by atoms with E-state index in [1.54, 1.807) is 12.1 Å². The molecule has 8 heteroatoms. The minimum atomic E-state index is -3.53. The van der Waals surface area contributed by atoms with Crippen molar-refractivity contribution in [2.24, 2.45) is 5.84 Å². The fourth-order valence-electron chi connectivity index (χ4n) is 1.54. The molecule has 3 N–H and O–H groups in total. The number of nitrogens with zero attached hydrogens (tertiary/aromatic N) is 1. The molecule has 0 spiro atoms. The van der Waals surface area contributed by atoms with Crippen LogP contribution in [0.25, 0.3) is 11.5 Å². The Labute approximate surface area is 110 Å². The number of oxazole rings is 1. The van der Waals surface area contributed by atoms with Crippen LogP contribution in [0.1, 0.15) is 0 Å². The fourth-order valence-corrected chi connectivity index (χ4v) is 2.61. The monoisotopic (exact) mass is 283 g/mol. The Bertz CT molecular complexity index is 591. The first-order valence-corrected chi connectivity index (χ1v) is 6.94. The van der Waals surface area contributed by atoms with Gasteiger partial charge >= 0.3 is 7.60 Å². The van der Waals surface area contributed by atoms with Crippen LogP contribution in [0.5, 0.6) is 0 Å². The molecule has 0 saturated heterocycles. The topological polar surface area (TPSA) is 99.6 Å². The van der Waals surface area contributed by atoms with Crippen LogP contribution in [0.15, 0.2) is 34.7 Å². The van der Waals surface area contributed by atoms with Crippen LogP contribution in [-0.2, 0) is 13.6 Å². The summed E-state index contributed by atoms with van der Waals surface area (Å²) in [5.41, 5.74) is 3.04. The van der Waals surface area contributed by atoms with Gasteiger partial charge in [-0.15, -0.1) is 0 Å². The van der Waals surface area contributed by atoms with E-state index in [2.05, 4.69) is 10.4 Å². The average molecular weight is 283 g/mol. The Hall–Kier alpha value is -1.66. The molecule has 19 heavy (non-hydrogen) atoms. The van der Waals surface area contributed by atoms with Crippen molar-refractivity contribution >= 4 is 18.9 Å². The maximum atomic E-state index is 12.3. The van der Waals surface area contributed by atoms with E-state index in [4.69, 9.17) is 19.3 Å². The van der Waals surface area contributed by atoms with Crippen molar-refractivity contribution in [3.8, 4) is 11.5 Å². The van der Waals surface area contributed by atoms with Crippen molar-refractivity contribution in [3.05, 3.63) is 30.3 Å². The zero-order valence-electron chi connectivity index (χ0n) is 10.5. The molecule has 1 aromatic heterocycles. The third-order valence-electron chi connectivity index (χ3n) is 2.50. The molecule has 0 aliphatic carbocycles. The van der Waals surface area contributed by atoms with Gasteiger partial charge in [-0.3, -0.25) is 9.99 Å². The van der Waals surface area contributed by atoms with Gasteiger partial charge in [0.1, 0.15) is 0 Å². The Morgan fingerprint density at radius 3 is 2.42 bits per heavy atom. The highest BCUT2D eigenvalue weighted by atomic mass is 31.2. The molecule has 2 rings (SSSR count). The summed E-state index contributed by atoms with van der Waals surface area (Å²) in [6, 6.07) is 9.15. The van der Waals surface area contributed by atoms with E-state index in [0.29, 0.717) is 0 Å². The molecule has 0 radical (unpaired) electrons. The summed E-state index contributed by atoms with van der Waals surface area (Å²) in [4.78, 5) is 4.14. The molecule has 1 aromatic carbocycles. The number of nitrogen functional groups attached to an aromatic ring is 1. The first kappa shape index (κ1) is 13.8. The largest absolute Gasteiger partial charge is 0.418 e. The molecular formula is C11H14N3O4P. The van der Waals surface area contributed by atoms with E-state index in [-0.39, 0.29) is 17.2 Å². The minimum Gasteiger partial charge on any atom is -0.418 e. The zero-order chi connectivity index (χ0) is 13.9. The van der Waals surface area contributed by atoms with Gasteiger partial charge in [-0.05, 0) is 12.1 Å². The third-order valence-corrected chi connectivity index (χ3v) is 4.28. The summed E-state index contributed by atoms with van der Waals surface area (Å²) in [5.74, 6) is 5.66. The van der Waals surface area contributed by atoms with Gasteiger partial charge < -0.3 is 13.5 Å². The van der Waals surface area contributed by atoms with Crippen LogP contribution >= 0.6 is 7.60 Å². The highest BCUT2D eigenvalue weighted by Crippen LogP contribution is 2.47. The second-order valence-electron chi connectivity index (χ2n) is 3.54. The van der Waals surface area contributed by atoms with Gasteiger partial charge in [0.15, 0.2) is 0 Å². The zero-order valence-corrected chi connectivity index (χ0v) is 11.4. The van der Waals surface area contributed by atoms with Crippen molar-refractivity contribution in [1.82, 2.24) is 4.98 Å². The van der Waals surface area contributed by atoms with Crippen LogP contribution in [0.4, 0.5) is 5.88 Å². The Balaban J connectivity index is 2.52. The molecule has 0 bridgehead atoms. The lowest BCUT2D eigenvalue weighted by Crippen LogP contribution is -2.18. The van der Waals surface area contributed by atoms with Gasteiger partial charge in [0.05, 0.1) is 0 Å². The van der Waals surface area contributed by atoms with Crippen molar-refractivity contribution in [2.45, 2.75) is 0 Å². The summed E-state index contributed by atoms with van der Waals surface area (Å²) in [6.07, 6.45) is 0. The molecule has 7 nitrogen and oxygen atoms in total. The number of nitrogens with two attached hydrogens (primary N) is 1. The number of aromatic nitrogens is 1. The highest BCUT2D eigenvalue weighted by molar-refractivity contribution is 7.62. The summed E-state index contributed by atoms with van der Waals surface area (Å²) >= 11 is 0. The summed E-state index contributed by atoms with van der Waals surface area (Å²) in [5, 5.41) is 0. The number of hydrogen-bond donors (Lipinski definition) is 2. The van der Waals surface area contributed by atoms with E-state index in [0.717, 1.165) is 5.56 Å². The molecule has 2 aromatic rings. The average Bonchev–Trinajstić information content (AvgIpc) is 2.92. The number of nitrogens with one attached hydrogen (secondary N) is 1. The summed E-state index contributed by atoms with van der Waals surface area (Å²) < 4.78 is 27.5. The lowest BCUT2D eigenvalue weighted by molar-refractivity contribution is 0.286. The fraction of sp³-hybridized carbons (Fsp3) is 0.182. The van der Waals surface area contributed by atoms with Gasteiger partial charge in [0, 0.05) is 19.8 Å². The number of anilines is 1. The van der Waals surface area contributed by atoms with Crippen LogP contribution in [-0.4, -0.2) is 19.2 Å². The number of rotatable bonds is 5. The predicted octanol–water partition coefficient (Wildman–Crippen LogP) is 1.74. The number of hydrogen-bond acceptors (Lipinski definition) is 7. The second-order valence-corrected chi connectivity index (χ2v) is 5.69. The first-order chi connectivity index (χ1) is 9.14. The normalized spacial score (nSPS) is 11.5. The van der Waals surface area contributed by atoms with E-state index in [9.17, 15) is 4.57 Å². The van der Waals surface area contributed by atoms with Crippen LogP contribution < -0.4 is 16.7 Å². The molecule has 0 aliphatic rings. The highest BCUT2D eigenvalue weighted by Gasteiger charge is 2.34. The number of hydrazine groups is 1. The van der Waals surface area contributed by atoms with Gasteiger partial charge in [-0.2, -0.15) is 4.98 Å². The maximum absolute atomic E-state index is 12.3. The first-order valence-electron chi connectivity index (χ1n) is 5.39. The van der Waals surface area contributed by atoms with Crippen LogP contribution in [0.3, 0.4) is 0 Å².